The third kappa shape index (κ3) is 3.21. The number of hydrogen-bond acceptors (Lipinski definition) is 4. The SMILES string of the molecule is CN1CCN(c2cc(-c3ccccc3)cc(-c3cccs3)n2)CC1. The maximum absolute atomic E-state index is 4.97. The normalized spacial score (nSPS) is 15.6. The quantitative estimate of drug-likeness (QED) is 0.714. The molecule has 3 aromatic rings. The number of thiophene rings is 1. The standard InChI is InChI=1S/C20H21N3S/c1-22-9-11-23(12-10-22)20-15-17(16-6-3-2-4-7-16)14-18(21-20)19-8-5-13-24-19/h2-8,13-15H,9-12H2,1H3. The zero-order chi connectivity index (χ0) is 16.4. The minimum Gasteiger partial charge on any atom is -0.354 e. The van der Waals surface area contributed by atoms with Crippen LogP contribution in [0.25, 0.3) is 21.7 Å². The van der Waals surface area contributed by atoms with E-state index in [2.05, 4.69) is 76.8 Å². The third-order valence-corrected chi connectivity index (χ3v) is 5.41. The smallest absolute Gasteiger partial charge is 0.129 e. The first-order valence-corrected chi connectivity index (χ1v) is 9.22. The van der Waals surface area contributed by atoms with Gasteiger partial charge in [0, 0.05) is 26.2 Å². The number of likely N-dealkylation sites (N-methyl/N-ethyl adjacent to an activating group) is 1. The molecule has 1 aliphatic heterocycles. The zero-order valence-electron chi connectivity index (χ0n) is 13.9. The molecular formula is C20H21N3S. The van der Waals surface area contributed by atoms with Crippen molar-refractivity contribution in [2.75, 3.05) is 38.1 Å². The highest BCUT2D eigenvalue weighted by atomic mass is 32.1. The summed E-state index contributed by atoms with van der Waals surface area (Å²) in [5, 5.41) is 2.11. The summed E-state index contributed by atoms with van der Waals surface area (Å²) in [4.78, 5) is 11.0. The molecule has 3 nitrogen and oxygen atoms in total. The lowest BCUT2D eigenvalue weighted by Crippen LogP contribution is -2.44. The van der Waals surface area contributed by atoms with Crippen molar-refractivity contribution in [3.05, 3.63) is 60.0 Å². The molecule has 1 fully saturated rings. The predicted molar refractivity (Wildman–Crippen MR) is 103 cm³/mol. The van der Waals surface area contributed by atoms with Gasteiger partial charge in [0.15, 0.2) is 0 Å². The lowest BCUT2D eigenvalue weighted by Gasteiger charge is -2.33. The van der Waals surface area contributed by atoms with Crippen LogP contribution in [0, 0.1) is 0 Å². The van der Waals surface area contributed by atoms with Crippen molar-refractivity contribution in [2.45, 2.75) is 0 Å². The number of anilines is 1. The van der Waals surface area contributed by atoms with Gasteiger partial charge in [-0.05, 0) is 41.8 Å². The van der Waals surface area contributed by atoms with Crippen LogP contribution in [-0.4, -0.2) is 43.1 Å². The van der Waals surface area contributed by atoms with Crippen LogP contribution in [-0.2, 0) is 0 Å². The lowest BCUT2D eigenvalue weighted by molar-refractivity contribution is 0.312. The second kappa shape index (κ2) is 6.75. The summed E-state index contributed by atoms with van der Waals surface area (Å²) in [7, 11) is 2.18. The molecule has 0 saturated carbocycles. The molecule has 1 saturated heterocycles. The van der Waals surface area contributed by atoms with Crippen LogP contribution in [0.3, 0.4) is 0 Å². The van der Waals surface area contributed by atoms with Gasteiger partial charge in [-0.2, -0.15) is 0 Å². The Balaban J connectivity index is 1.77. The molecule has 0 unspecified atom stereocenters. The number of hydrogen-bond donors (Lipinski definition) is 0. The molecule has 1 aliphatic rings. The summed E-state index contributed by atoms with van der Waals surface area (Å²) in [6.45, 7) is 4.24. The minimum atomic E-state index is 1.03. The lowest BCUT2D eigenvalue weighted by atomic mass is 10.1. The molecule has 0 amide bonds. The number of rotatable bonds is 3. The van der Waals surface area contributed by atoms with Crippen molar-refractivity contribution in [1.82, 2.24) is 9.88 Å². The number of benzene rings is 1. The van der Waals surface area contributed by atoms with Gasteiger partial charge >= 0.3 is 0 Å². The van der Waals surface area contributed by atoms with E-state index in [4.69, 9.17) is 4.98 Å². The summed E-state index contributed by atoms with van der Waals surface area (Å²) >= 11 is 1.75. The van der Waals surface area contributed by atoms with E-state index >= 15 is 0 Å². The van der Waals surface area contributed by atoms with Crippen molar-refractivity contribution in [3.8, 4) is 21.7 Å². The maximum Gasteiger partial charge on any atom is 0.129 e. The van der Waals surface area contributed by atoms with Gasteiger partial charge in [-0.15, -0.1) is 11.3 Å². The number of piperazine rings is 1. The average Bonchev–Trinajstić information content (AvgIpc) is 3.17. The van der Waals surface area contributed by atoms with Crippen molar-refractivity contribution in [2.24, 2.45) is 0 Å². The second-order valence-electron chi connectivity index (χ2n) is 6.23. The molecule has 24 heavy (non-hydrogen) atoms. The van der Waals surface area contributed by atoms with E-state index in [1.807, 2.05) is 0 Å². The molecule has 1 aromatic carbocycles. The highest BCUT2D eigenvalue weighted by Crippen LogP contribution is 2.31. The van der Waals surface area contributed by atoms with Gasteiger partial charge in [0.1, 0.15) is 5.82 Å². The van der Waals surface area contributed by atoms with Crippen molar-refractivity contribution in [1.29, 1.82) is 0 Å². The Bertz CT molecular complexity index is 791. The molecule has 0 atom stereocenters. The van der Waals surface area contributed by atoms with Gasteiger partial charge in [0.25, 0.3) is 0 Å². The van der Waals surface area contributed by atoms with Gasteiger partial charge in [-0.1, -0.05) is 36.4 Å². The average molecular weight is 335 g/mol. The molecule has 0 aliphatic carbocycles. The fourth-order valence-electron chi connectivity index (χ4n) is 3.06. The summed E-state index contributed by atoms with van der Waals surface area (Å²) in [5.41, 5.74) is 3.55. The number of nitrogens with zero attached hydrogens (tertiary/aromatic N) is 3. The molecule has 122 valence electrons. The van der Waals surface area contributed by atoms with Crippen LogP contribution in [0.15, 0.2) is 60.0 Å². The van der Waals surface area contributed by atoms with E-state index in [-0.39, 0.29) is 0 Å². The first-order valence-electron chi connectivity index (χ1n) is 8.34. The number of aromatic nitrogens is 1. The van der Waals surface area contributed by atoms with Crippen molar-refractivity contribution < 1.29 is 0 Å². The van der Waals surface area contributed by atoms with Crippen molar-refractivity contribution >= 4 is 17.2 Å². The highest BCUT2D eigenvalue weighted by molar-refractivity contribution is 7.13. The topological polar surface area (TPSA) is 19.4 Å². The van der Waals surface area contributed by atoms with E-state index in [1.54, 1.807) is 11.3 Å². The van der Waals surface area contributed by atoms with Gasteiger partial charge in [-0.25, -0.2) is 4.98 Å². The molecule has 4 rings (SSSR count). The Morgan fingerprint density at radius 3 is 2.38 bits per heavy atom. The van der Waals surface area contributed by atoms with Crippen LogP contribution in [0.1, 0.15) is 0 Å². The Kier molecular flexibility index (Phi) is 4.32. The predicted octanol–water partition coefficient (Wildman–Crippen LogP) is 4.23. The molecule has 0 bridgehead atoms. The summed E-state index contributed by atoms with van der Waals surface area (Å²) in [6.07, 6.45) is 0. The van der Waals surface area contributed by atoms with Crippen LogP contribution >= 0.6 is 11.3 Å². The molecule has 0 spiro atoms. The molecule has 0 N–H and O–H groups in total. The van der Waals surface area contributed by atoms with Crippen molar-refractivity contribution in [3.63, 3.8) is 0 Å². The maximum atomic E-state index is 4.97. The number of pyridine rings is 1. The first-order chi connectivity index (χ1) is 11.8. The van der Waals surface area contributed by atoms with Gasteiger partial charge in [0.05, 0.1) is 10.6 Å². The fourth-order valence-corrected chi connectivity index (χ4v) is 3.75. The van der Waals surface area contributed by atoms with Crippen LogP contribution < -0.4 is 4.90 Å². The molecule has 0 radical (unpaired) electrons. The van der Waals surface area contributed by atoms with E-state index in [0.29, 0.717) is 0 Å². The first kappa shape index (κ1) is 15.4. The summed E-state index contributed by atoms with van der Waals surface area (Å²) < 4.78 is 0. The van der Waals surface area contributed by atoms with E-state index < -0.39 is 0 Å². The fraction of sp³-hybridized carbons (Fsp3) is 0.250. The van der Waals surface area contributed by atoms with E-state index in [0.717, 1.165) is 37.7 Å². The monoisotopic (exact) mass is 335 g/mol. The zero-order valence-corrected chi connectivity index (χ0v) is 14.7. The van der Waals surface area contributed by atoms with Crippen LogP contribution in [0.5, 0.6) is 0 Å². The Morgan fingerprint density at radius 1 is 0.875 bits per heavy atom. The minimum absolute atomic E-state index is 1.03. The van der Waals surface area contributed by atoms with Crippen LogP contribution in [0.4, 0.5) is 5.82 Å². The molecule has 4 heteroatoms. The van der Waals surface area contributed by atoms with E-state index in [1.165, 1.54) is 16.0 Å². The highest BCUT2D eigenvalue weighted by Gasteiger charge is 2.17. The Morgan fingerprint density at radius 2 is 1.67 bits per heavy atom. The molecule has 3 heterocycles. The van der Waals surface area contributed by atoms with Gasteiger partial charge < -0.3 is 9.80 Å². The molecular weight excluding hydrogens is 314 g/mol. The second-order valence-corrected chi connectivity index (χ2v) is 7.18. The van der Waals surface area contributed by atoms with E-state index in [9.17, 15) is 0 Å². The van der Waals surface area contributed by atoms with Gasteiger partial charge in [-0.3, -0.25) is 0 Å². The third-order valence-electron chi connectivity index (χ3n) is 4.52. The molecule has 2 aromatic heterocycles. The van der Waals surface area contributed by atoms with Gasteiger partial charge in [0.2, 0.25) is 0 Å². The summed E-state index contributed by atoms with van der Waals surface area (Å²) in [6, 6.07) is 19.3. The Labute approximate surface area is 147 Å². The Hall–Kier alpha value is -2.17. The summed E-state index contributed by atoms with van der Waals surface area (Å²) in [5.74, 6) is 1.09. The van der Waals surface area contributed by atoms with Crippen LogP contribution in [0.2, 0.25) is 0 Å². The largest absolute Gasteiger partial charge is 0.354 e.